The second-order valence-electron chi connectivity index (χ2n) is 7.93. The molecule has 1 aliphatic rings. The van der Waals surface area contributed by atoms with Gasteiger partial charge in [0.1, 0.15) is 18.5 Å². The van der Waals surface area contributed by atoms with Crippen molar-refractivity contribution < 1.29 is 22.7 Å². The number of aromatic nitrogens is 4. The molecule has 1 saturated carbocycles. The Morgan fingerprint density at radius 1 is 1.19 bits per heavy atom. The lowest BCUT2D eigenvalue weighted by atomic mass is 9.92. The second-order valence-corrected chi connectivity index (χ2v) is 7.93. The zero-order valence-electron chi connectivity index (χ0n) is 17.2. The van der Waals surface area contributed by atoms with Gasteiger partial charge >= 0.3 is 6.18 Å². The number of phenolic OH excluding ortho intramolecular Hbond substituents is 1. The van der Waals surface area contributed by atoms with Gasteiger partial charge in [0.2, 0.25) is 0 Å². The molecule has 1 aliphatic carbocycles. The van der Waals surface area contributed by atoms with Crippen LogP contribution in [0.4, 0.5) is 23.4 Å². The molecular formula is C21H21F4N5O2. The van der Waals surface area contributed by atoms with E-state index in [1.165, 1.54) is 6.07 Å². The summed E-state index contributed by atoms with van der Waals surface area (Å²) in [6, 6.07) is 5.42. The van der Waals surface area contributed by atoms with Crippen molar-refractivity contribution in [1.82, 2.24) is 19.7 Å². The molecule has 170 valence electrons. The van der Waals surface area contributed by atoms with E-state index in [1.54, 1.807) is 24.1 Å². The lowest BCUT2D eigenvalue weighted by molar-refractivity contribution is -0.141. The maximum absolute atomic E-state index is 14.3. The van der Waals surface area contributed by atoms with E-state index < -0.39 is 24.5 Å². The number of hydrogen-bond donors (Lipinski definition) is 1. The second kappa shape index (κ2) is 8.36. The summed E-state index contributed by atoms with van der Waals surface area (Å²) in [4.78, 5) is 18.0. The number of anilines is 1. The third-order valence-corrected chi connectivity index (χ3v) is 5.72. The lowest BCUT2D eigenvalue weighted by Gasteiger charge is -2.34. The molecule has 1 N–H and O–H groups in total. The number of benzene rings is 1. The van der Waals surface area contributed by atoms with E-state index in [4.69, 9.17) is 0 Å². The fraction of sp³-hybridized carbons (Fsp3) is 0.429. The minimum atomic E-state index is -4.58. The first kappa shape index (κ1) is 22.0. The predicted octanol–water partition coefficient (Wildman–Crippen LogP) is 3.84. The van der Waals surface area contributed by atoms with Gasteiger partial charge in [0.25, 0.3) is 5.56 Å². The molecular weight excluding hydrogens is 430 g/mol. The lowest BCUT2D eigenvalue weighted by Crippen LogP contribution is -2.41. The van der Waals surface area contributed by atoms with Crippen LogP contribution in [0.2, 0.25) is 0 Å². The minimum absolute atomic E-state index is 0.117. The molecule has 2 heterocycles. The van der Waals surface area contributed by atoms with Crippen LogP contribution in [-0.2, 0) is 6.54 Å². The molecule has 7 nitrogen and oxygen atoms in total. The summed E-state index contributed by atoms with van der Waals surface area (Å²) in [7, 11) is 1.76. The molecule has 0 bridgehead atoms. The van der Waals surface area contributed by atoms with Gasteiger partial charge in [-0.05, 0) is 37.1 Å². The molecule has 2 aromatic heterocycles. The highest BCUT2D eigenvalue weighted by atomic mass is 19.4. The molecule has 11 heteroatoms. The highest BCUT2D eigenvalue weighted by Gasteiger charge is 2.30. The molecule has 0 unspecified atom stereocenters. The van der Waals surface area contributed by atoms with Gasteiger partial charge < -0.3 is 10.0 Å². The van der Waals surface area contributed by atoms with Crippen molar-refractivity contribution in [2.24, 2.45) is 0 Å². The molecule has 0 amide bonds. The van der Waals surface area contributed by atoms with E-state index in [1.807, 2.05) is 0 Å². The summed E-state index contributed by atoms with van der Waals surface area (Å²) in [5.41, 5.74) is -0.291. The van der Waals surface area contributed by atoms with E-state index in [2.05, 4.69) is 15.2 Å². The molecule has 0 saturated heterocycles. The number of nitrogens with zero attached hydrogens (tertiary/aromatic N) is 5. The number of fused-ring (bicyclic) bond motifs is 1. The summed E-state index contributed by atoms with van der Waals surface area (Å²) >= 11 is 0. The Balaban J connectivity index is 1.64. The zero-order chi connectivity index (χ0) is 23.0. The number of halogens is 4. The maximum Gasteiger partial charge on any atom is 0.406 e. The summed E-state index contributed by atoms with van der Waals surface area (Å²) in [5, 5.41) is 18.5. The molecule has 2 atom stereocenters. The van der Waals surface area contributed by atoms with Crippen LogP contribution < -0.4 is 10.5 Å². The molecule has 0 radical (unpaired) electrons. The SMILES string of the molecule is CN(c1ccc(-c2cc3ncn(CC(F)(F)F)c(=O)c3cc2O)nn1)[C@H]1CCCC[C@H]1F. The molecule has 1 fully saturated rings. The van der Waals surface area contributed by atoms with Gasteiger partial charge in [-0.3, -0.25) is 9.36 Å². The van der Waals surface area contributed by atoms with Gasteiger partial charge in [0, 0.05) is 12.6 Å². The fourth-order valence-corrected chi connectivity index (χ4v) is 4.03. The van der Waals surface area contributed by atoms with E-state index in [-0.39, 0.29) is 34.0 Å². The quantitative estimate of drug-likeness (QED) is 0.607. The Morgan fingerprint density at radius 2 is 1.94 bits per heavy atom. The Hall–Kier alpha value is -3.24. The molecule has 0 spiro atoms. The van der Waals surface area contributed by atoms with Crippen molar-refractivity contribution in [1.29, 1.82) is 0 Å². The monoisotopic (exact) mass is 451 g/mol. The Morgan fingerprint density at radius 3 is 2.59 bits per heavy atom. The van der Waals surface area contributed by atoms with Gasteiger partial charge in [-0.15, -0.1) is 10.2 Å². The van der Waals surface area contributed by atoms with Crippen LogP contribution >= 0.6 is 0 Å². The van der Waals surface area contributed by atoms with Crippen LogP contribution in [0.5, 0.6) is 5.75 Å². The van der Waals surface area contributed by atoms with Crippen LogP contribution in [0.15, 0.2) is 35.4 Å². The van der Waals surface area contributed by atoms with E-state index in [0.717, 1.165) is 31.7 Å². The average Bonchev–Trinajstić information content (AvgIpc) is 2.75. The Kier molecular flexibility index (Phi) is 5.74. The van der Waals surface area contributed by atoms with Crippen LogP contribution in [0, 0.1) is 0 Å². The maximum atomic E-state index is 14.3. The summed E-state index contributed by atoms with van der Waals surface area (Å²) in [6.45, 7) is -1.47. The first-order chi connectivity index (χ1) is 15.1. The van der Waals surface area contributed by atoms with E-state index in [9.17, 15) is 27.5 Å². The van der Waals surface area contributed by atoms with Crippen LogP contribution in [0.3, 0.4) is 0 Å². The number of rotatable bonds is 4. The Labute approximate surface area is 180 Å². The smallest absolute Gasteiger partial charge is 0.406 e. The van der Waals surface area contributed by atoms with E-state index in [0.29, 0.717) is 16.8 Å². The van der Waals surface area contributed by atoms with Crippen LogP contribution in [0.1, 0.15) is 25.7 Å². The van der Waals surface area contributed by atoms with Crippen molar-refractivity contribution >= 4 is 16.7 Å². The third kappa shape index (κ3) is 4.37. The van der Waals surface area contributed by atoms with Crippen LogP contribution in [-0.4, -0.2) is 50.3 Å². The molecule has 0 aliphatic heterocycles. The van der Waals surface area contributed by atoms with Gasteiger partial charge in [0.15, 0.2) is 5.82 Å². The normalized spacial score (nSPS) is 19.3. The highest BCUT2D eigenvalue weighted by molar-refractivity contribution is 5.86. The molecule has 32 heavy (non-hydrogen) atoms. The highest BCUT2D eigenvalue weighted by Crippen LogP contribution is 2.32. The van der Waals surface area contributed by atoms with Crippen molar-refractivity contribution in [2.75, 3.05) is 11.9 Å². The van der Waals surface area contributed by atoms with E-state index >= 15 is 0 Å². The Bertz CT molecular complexity index is 1180. The number of hydrogen-bond acceptors (Lipinski definition) is 6. The molecule has 1 aromatic carbocycles. The molecule has 3 aromatic rings. The fourth-order valence-electron chi connectivity index (χ4n) is 4.03. The van der Waals surface area contributed by atoms with Gasteiger partial charge in [-0.2, -0.15) is 13.2 Å². The van der Waals surface area contributed by atoms with Crippen molar-refractivity contribution in [3.05, 3.63) is 40.9 Å². The topological polar surface area (TPSA) is 84.1 Å². The number of aromatic hydroxyl groups is 1. The zero-order valence-corrected chi connectivity index (χ0v) is 17.2. The standard InChI is InChI=1S/C21H21F4N5O2/c1-29(17-5-3-2-4-14(17)22)19-7-6-15(27-28-19)12-8-16-13(9-18(12)31)20(32)30(11-26-16)10-21(23,24)25/h6-9,11,14,17,31H,2-5,10H2,1H3/t14-,17+/m1/s1. The summed E-state index contributed by atoms with van der Waals surface area (Å²) in [5.74, 6) is 0.143. The largest absolute Gasteiger partial charge is 0.507 e. The van der Waals surface area contributed by atoms with Gasteiger partial charge in [-0.25, -0.2) is 9.37 Å². The first-order valence-corrected chi connectivity index (χ1v) is 10.1. The summed E-state index contributed by atoms with van der Waals surface area (Å²) < 4.78 is 52.6. The number of phenols is 1. The number of alkyl halides is 4. The first-order valence-electron chi connectivity index (χ1n) is 10.1. The van der Waals surface area contributed by atoms with Crippen LogP contribution in [0.25, 0.3) is 22.2 Å². The van der Waals surface area contributed by atoms with Crippen molar-refractivity contribution in [3.63, 3.8) is 0 Å². The minimum Gasteiger partial charge on any atom is -0.507 e. The van der Waals surface area contributed by atoms with Crippen molar-refractivity contribution in [2.45, 2.75) is 50.6 Å². The predicted molar refractivity (Wildman–Crippen MR) is 110 cm³/mol. The molecule has 4 rings (SSSR count). The summed E-state index contributed by atoms with van der Waals surface area (Å²) in [6.07, 6.45) is -1.64. The van der Waals surface area contributed by atoms with Gasteiger partial charge in [0.05, 0.1) is 29.0 Å². The van der Waals surface area contributed by atoms with Gasteiger partial charge in [-0.1, -0.05) is 12.8 Å². The average molecular weight is 451 g/mol. The van der Waals surface area contributed by atoms with Crippen molar-refractivity contribution in [3.8, 4) is 17.0 Å². The third-order valence-electron chi connectivity index (χ3n) is 5.72.